The van der Waals surface area contributed by atoms with Gasteiger partial charge in [0, 0.05) is 37.2 Å². The molecule has 0 radical (unpaired) electrons. The molecule has 190 valence electrons. The summed E-state index contributed by atoms with van der Waals surface area (Å²) in [6.07, 6.45) is 2.44. The highest BCUT2D eigenvalue weighted by Gasteiger charge is 2.38. The van der Waals surface area contributed by atoms with Crippen LogP contribution in [0.2, 0.25) is 0 Å². The summed E-state index contributed by atoms with van der Waals surface area (Å²) in [5.74, 6) is -1.73. The molecular formula is C25H20F3N5O3S. The SMILES string of the molecule is O=S(=O)(c1ccc(CNCc2ccc3[nH]ccc3c2)cc1)n1ccc(/C=C/c2noc(C(F)(F)F)n2)c1. The second-order valence-corrected chi connectivity index (χ2v) is 10.1. The van der Waals surface area contributed by atoms with Crippen molar-refractivity contribution in [3.8, 4) is 0 Å². The number of benzene rings is 2. The third-order valence-electron chi connectivity index (χ3n) is 5.57. The number of alkyl halides is 3. The van der Waals surface area contributed by atoms with Crippen molar-refractivity contribution < 1.29 is 26.1 Å². The van der Waals surface area contributed by atoms with Crippen LogP contribution in [-0.2, 0) is 29.3 Å². The molecule has 12 heteroatoms. The Hall–Kier alpha value is -4.16. The maximum atomic E-state index is 13.0. The molecule has 5 rings (SSSR count). The largest absolute Gasteiger partial charge is 0.471 e. The Kier molecular flexibility index (Phi) is 6.44. The first-order valence-electron chi connectivity index (χ1n) is 11.1. The maximum Gasteiger partial charge on any atom is 0.471 e. The summed E-state index contributed by atoms with van der Waals surface area (Å²) >= 11 is 0. The predicted octanol–water partition coefficient (Wildman–Crippen LogP) is 5.07. The first kappa shape index (κ1) is 24.5. The van der Waals surface area contributed by atoms with Crippen molar-refractivity contribution in [3.63, 3.8) is 0 Å². The molecule has 0 aliphatic heterocycles. The molecule has 0 aliphatic carbocycles. The van der Waals surface area contributed by atoms with Gasteiger partial charge in [-0.1, -0.05) is 23.4 Å². The third kappa shape index (κ3) is 5.49. The molecule has 3 heterocycles. The summed E-state index contributed by atoms with van der Waals surface area (Å²) in [4.78, 5) is 6.50. The molecule has 0 spiro atoms. The number of halogens is 3. The highest BCUT2D eigenvalue weighted by molar-refractivity contribution is 7.90. The lowest BCUT2D eigenvalue weighted by molar-refractivity contribution is -0.159. The Morgan fingerprint density at radius 2 is 1.76 bits per heavy atom. The van der Waals surface area contributed by atoms with Crippen molar-refractivity contribution in [2.24, 2.45) is 0 Å². The van der Waals surface area contributed by atoms with Gasteiger partial charge in [0.2, 0.25) is 0 Å². The minimum absolute atomic E-state index is 0.105. The molecule has 0 unspecified atom stereocenters. The number of H-pyrrole nitrogens is 1. The van der Waals surface area contributed by atoms with Gasteiger partial charge in [0.05, 0.1) is 4.90 Å². The van der Waals surface area contributed by atoms with Gasteiger partial charge in [-0.15, -0.1) is 0 Å². The van der Waals surface area contributed by atoms with Crippen LogP contribution >= 0.6 is 0 Å². The monoisotopic (exact) mass is 527 g/mol. The molecule has 0 atom stereocenters. The summed E-state index contributed by atoms with van der Waals surface area (Å²) in [5, 5.41) is 7.73. The van der Waals surface area contributed by atoms with E-state index >= 15 is 0 Å². The molecule has 0 amide bonds. The number of hydrogen-bond acceptors (Lipinski definition) is 6. The van der Waals surface area contributed by atoms with Crippen molar-refractivity contribution in [2.75, 3.05) is 0 Å². The second-order valence-electron chi connectivity index (χ2n) is 8.22. The zero-order valence-corrected chi connectivity index (χ0v) is 19.9. The van der Waals surface area contributed by atoms with E-state index in [-0.39, 0.29) is 10.7 Å². The van der Waals surface area contributed by atoms with Gasteiger partial charge in [0.1, 0.15) is 0 Å². The van der Waals surface area contributed by atoms with E-state index < -0.39 is 22.1 Å². The van der Waals surface area contributed by atoms with E-state index in [0.29, 0.717) is 18.7 Å². The molecule has 0 fully saturated rings. The zero-order chi connectivity index (χ0) is 26.0. The fraction of sp³-hybridized carbons (Fsp3) is 0.120. The zero-order valence-electron chi connectivity index (χ0n) is 19.1. The summed E-state index contributed by atoms with van der Waals surface area (Å²) in [5.41, 5.74) is 3.58. The lowest BCUT2D eigenvalue weighted by Crippen LogP contribution is -2.13. The van der Waals surface area contributed by atoms with Crippen molar-refractivity contribution in [3.05, 3.63) is 102 Å². The third-order valence-corrected chi connectivity index (χ3v) is 7.22. The van der Waals surface area contributed by atoms with E-state index in [1.165, 1.54) is 42.7 Å². The number of rotatable bonds is 8. The number of aromatic nitrogens is 4. The molecule has 2 aromatic carbocycles. The van der Waals surface area contributed by atoms with Crippen LogP contribution < -0.4 is 5.32 Å². The average Bonchev–Trinajstić information content (AvgIpc) is 3.63. The maximum absolute atomic E-state index is 13.0. The van der Waals surface area contributed by atoms with Gasteiger partial charge in [0.15, 0.2) is 5.82 Å². The quantitative estimate of drug-likeness (QED) is 0.292. The highest BCUT2D eigenvalue weighted by Crippen LogP contribution is 2.27. The van der Waals surface area contributed by atoms with E-state index in [1.54, 1.807) is 12.1 Å². The fourth-order valence-corrected chi connectivity index (χ4v) is 4.90. The first-order valence-corrected chi connectivity index (χ1v) is 12.5. The van der Waals surface area contributed by atoms with Crippen LogP contribution in [0.25, 0.3) is 23.1 Å². The van der Waals surface area contributed by atoms with Crippen LogP contribution in [0.3, 0.4) is 0 Å². The molecule has 0 saturated heterocycles. The van der Waals surface area contributed by atoms with Crippen LogP contribution in [0.15, 0.2) is 82.6 Å². The average molecular weight is 528 g/mol. The van der Waals surface area contributed by atoms with E-state index in [4.69, 9.17) is 0 Å². The molecule has 3 aromatic heterocycles. The standard InChI is InChI=1S/C25H20F3N5O3S/c26-25(27,28)24-31-23(32-36-24)8-4-18-10-12-33(16-18)37(34,35)21-5-1-17(2-6-21)14-29-15-19-3-7-22-20(13-19)9-11-30-22/h1-13,16,29-30H,14-15H2/b8-4+. The summed E-state index contributed by atoms with van der Waals surface area (Å²) in [6.45, 7) is 1.23. The topological polar surface area (TPSA) is 106 Å². The van der Waals surface area contributed by atoms with Crippen LogP contribution in [0.4, 0.5) is 13.2 Å². The van der Waals surface area contributed by atoms with Gasteiger partial charge >= 0.3 is 12.1 Å². The van der Waals surface area contributed by atoms with Gasteiger partial charge in [-0.3, -0.25) is 0 Å². The van der Waals surface area contributed by atoms with Crippen molar-refractivity contribution in [1.29, 1.82) is 0 Å². The van der Waals surface area contributed by atoms with E-state index in [0.717, 1.165) is 26.0 Å². The van der Waals surface area contributed by atoms with Crippen molar-refractivity contribution in [2.45, 2.75) is 24.2 Å². The molecule has 0 aliphatic rings. The van der Waals surface area contributed by atoms with Crippen molar-refractivity contribution in [1.82, 2.24) is 24.4 Å². The van der Waals surface area contributed by atoms with E-state index in [1.807, 2.05) is 24.4 Å². The lowest BCUT2D eigenvalue weighted by Gasteiger charge is -2.08. The molecule has 0 bridgehead atoms. The predicted molar refractivity (Wildman–Crippen MR) is 131 cm³/mol. The van der Waals surface area contributed by atoms with Crippen molar-refractivity contribution >= 4 is 33.1 Å². The minimum atomic E-state index is -4.74. The van der Waals surface area contributed by atoms with Gasteiger partial charge in [-0.2, -0.15) is 18.2 Å². The van der Waals surface area contributed by atoms with Crippen LogP contribution in [-0.4, -0.2) is 27.5 Å². The highest BCUT2D eigenvalue weighted by atomic mass is 32.2. The van der Waals surface area contributed by atoms with Crippen LogP contribution in [0.1, 0.15) is 28.4 Å². The Balaban J connectivity index is 1.20. The van der Waals surface area contributed by atoms with Gasteiger partial charge in [-0.25, -0.2) is 12.4 Å². The van der Waals surface area contributed by atoms with Gasteiger partial charge in [-0.05, 0) is 70.6 Å². The van der Waals surface area contributed by atoms with E-state index in [9.17, 15) is 21.6 Å². The Labute approximate surface area is 209 Å². The number of nitrogens with one attached hydrogen (secondary N) is 2. The van der Waals surface area contributed by atoms with Gasteiger partial charge in [0.25, 0.3) is 10.0 Å². The second kappa shape index (κ2) is 9.71. The normalized spacial score (nSPS) is 12.6. The molecule has 8 nitrogen and oxygen atoms in total. The van der Waals surface area contributed by atoms with Crippen LogP contribution in [0.5, 0.6) is 0 Å². The number of fused-ring (bicyclic) bond motifs is 1. The summed E-state index contributed by atoms with van der Waals surface area (Å²) in [7, 11) is -3.85. The Morgan fingerprint density at radius 1 is 1.00 bits per heavy atom. The van der Waals surface area contributed by atoms with E-state index in [2.05, 4.69) is 31.0 Å². The Bertz CT molecular complexity index is 1670. The number of hydrogen-bond donors (Lipinski definition) is 2. The number of aromatic amines is 1. The fourth-order valence-electron chi connectivity index (χ4n) is 3.69. The van der Waals surface area contributed by atoms with Crippen LogP contribution in [0, 0.1) is 0 Å². The molecule has 37 heavy (non-hydrogen) atoms. The summed E-state index contributed by atoms with van der Waals surface area (Å²) in [6, 6.07) is 16.3. The minimum Gasteiger partial charge on any atom is -0.361 e. The first-order chi connectivity index (χ1) is 17.7. The molecule has 0 saturated carbocycles. The lowest BCUT2D eigenvalue weighted by atomic mass is 10.1. The molecule has 2 N–H and O–H groups in total. The Morgan fingerprint density at radius 3 is 2.51 bits per heavy atom. The van der Waals surface area contributed by atoms with Gasteiger partial charge < -0.3 is 14.8 Å². The molecule has 5 aromatic rings. The number of nitrogens with zero attached hydrogens (tertiary/aromatic N) is 3. The molecular weight excluding hydrogens is 507 g/mol. The smallest absolute Gasteiger partial charge is 0.361 e. The summed E-state index contributed by atoms with van der Waals surface area (Å²) < 4.78 is 68.8.